The Bertz CT molecular complexity index is 656. The average Bonchev–Trinajstić information content (AvgIpc) is 2.68. The lowest BCUT2D eigenvalue weighted by molar-refractivity contribution is 0.00578. The molecule has 0 amide bonds. The van der Waals surface area contributed by atoms with E-state index in [4.69, 9.17) is 15.0 Å². The topological polar surface area (TPSA) is 56.8 Å². The molecule has 2 N–H and O–H groups in total. The molecule has 1 aliphatic rings. The molecule has 23 heavy (non-hydrogen) atoms. The summed E-state index contributed by atoms with van der Waals surface area (Å²) in [5.41, 5.74) is 4.55. The molecule has 1 aromatic rings. The highest BCUT2D eigenvalue weighted by Crippen LogP contribution is 2.36. The van der Waals surface area contributed by atoms with Gasteiger partial charge in [0.05, 0.1) is 11.2 Å². The van der Waals surface area contributed by atoms with E-state index in [1.165, 1.54) is 31.6 Å². The Labute approximate surface area is 135 Å². The molecular formula is C16H21BF2N2O2. The van der Waals surface area contributed by atoms with Gasteiger partial charge < -0.3 is 15.0 Å². The highest BCUT2D eigenvalue weighted by molar-refractivity contribution is 6.62. The van der Waals surface area contributed by atoms with E-state index in [0.29, 0.717) is 5.57 Å². The zero-order chi connectivity index (χ0) is 17.4. The highest BCUT2D eigenvalue weighted by Gasteiger charge is 2.52. The molecule has 2 rings (SSSR count). The minimum Gasteiger partial charge on any atom is -0.404 e. The molecule has 1 fully saturated rings. The zero-order valence-electron chi connectivity index (χ0n) is 14.0. The summed E-state index contributed by atoms with van der Waals surface area (Å²) in [6.07, 6.45) is 2.55. The van der Waals surface area contributed by atoms with Crippen molar-refractivity contribution >= 4 is 24.4 Å². The largest absolute Gasteiger partial charge is 0.497 e. The minimum atomic E-state index is -1.01. The van der Waals surface area contributed by atoms with E-state index in [1.807, 2.05) is 27.7 Å². The predicted molar refractivity (Wildman–Crippen MR) is 88.7 cm³/mol. The summed E-state index contributed by atoms with van der Waals surface area (Å²) in [6, 6.07) is 2.89. The Morgan fingerprint density at radius 3 is 2.17 bits per heavy atom. The van der Waals surface area contributed by atoms with Crippen LogP contribution < -0.4 is 11.2 Å². The van der Waals surface area contributed by atoms with E-state index in [-0.39, 0.29) is 11.0 Å². The maximum Gasteiger partial charge on any atom is 0.497 e. The second kappa shape index (κ2) is 6.05. The molecule has 124 valence electrons. The van der Waals surface area contributed by atoms with Crippen LogP contribution in [0, 0.1) is 11.6 Å². The van der Waals surface area contributed by atoms with Crippen LogP contribution in [0.3, 0.4) is 0 Å². The molecule has 1 saturated heterocycles. The van der Waals surface area contributed by atoms with Gasteiger partial charge in [-0.25, -0.2) is 8.78 Å². The summed E-state index contributed by atoms with van der Waals surface area (Å²) in [6.45, 7) is 7.40. The summed E-state index contributed by atoms with van der Waals surface area (Å²) in [5, 5.41) is 0. The van der Waals surface area contributed by atoms with Gasteiger partial charge in [-0.2, -0.15) is 0 Å². The first-order valence-electron chi connectivity index (χ1n) is 7.32. The highest BCUT2D eigenvalue weighted by atomic mass is 19.2. The maximum absolute atomic E-state index is 14.5. The number of halogens is 2. The molecule has 0 unspecified atom stereocenters. The van der Waals surface area contributed by atoms with E-state index in [1.54, 1.807) is 0 Å². The zero-order valence-corrected chi connectivity index (χ0v) is 14.0. The monoisotopic (exact) mass is 322 g/mol. The maximum atomic E-state index is 14.5. The van der Waals surface area contributed by atoms with Gasteiger partial charge in [-0.05, 0) is 27.7 Å². The first kappa shape index (κ1) is 17.6. The van der Waals surface area contributed by atoms with Crippen LogP contribution in [0.2, 0.25) is 0 Å². The van der Waals surface area contributed by atoms with Crippen molar-refractivity contribution in [2.24, 2.45) is 10.7 Å². The quantitative estimate of drug-likeness (QED) is 0.686. The van der Waals surface area contributed by atoms with Gasteiger partial charge in [-0.3, -0.25) is 4.99 Å². The molecule has 0 radical (unpaired) electrons. The molecule has 1 heterocycles. The van der Waals surface area contributed by atoms with Gasteiger partial charge in [-0.15, -0.1) is 0 Å². The Morgan fingerprint density at radius 1 is 1.13 bits per heavy atom. The van der Waals surface area contributed by atoms with Crippen LogP contribution in [0.5, 0.6) is 0 Å². The molecule has 0 saturated carbocycles. The fourth-order valence-corrected chi connectivity index (χ4v) is 2.28. The van der Waals surface area contributed by atoms with Crippen molar-refractivity contribution in [2.75, 3.05) is 7.05 Å². The third-order valence-electron chi connectivity index (χ3n) is 4.38. The minimum absolute atomic E-state index is 0.0229. The van der Waals surface area contributed by atoms with Crippen molar-refractivity contribution in [1.82, 2.24) is 0 Å². The average molecular weight is 322 g/mol. The Hall–Kier alpha value is -1.73. The molecule has 0 aliphatic carbocycles. The third kappa shape index (κ3) is 3.03. The Morgan fingerprint density at radius 2 is 1.70 bits per heavy atom. The van der Waals surface area contributed by atoms with Crippen LogP contribution in [0.25, 0.3) is 5.57 Å². The molecule has 0 bridgehead atoms. The third-order valence-corrected chi connectivity index (χ3v) is 4.38. The van der Waals surface area contributed by atoms with Crippen molar-refractivity contribution in [2.45, 2.75) is 38.9 Å². The number of allylic oxidation sites excluding steroid dienone is 1. The normalized spacial score (nSPS) is 20.5. The molecule has 0 aromatic heterocycles. The number of nitrogens with two attached hydrogens (primary N) is 1. The van der Waals surface area contributed by atoms with Crippen LogP contribution in [0.15, 0.2) is 23.3 Å². The number of benzene rings is 1. The van der Waals surface area contributed by atoms with E-state index in [9.17, 15) is 8.78 Å². The molecule has 0 atom stereocenters. The van der Waals surface area contributed by atoms with Crippen LogP contribution in [0.1, 0.15) is 33.3 Å². The van der Waals surface area contributed by atoms with Crippen molar-refractivity contribution in [1.29, 1.82) is 0 Å². The van der Waals surface area contributed by atoms with Crippen molar-refractivity contribution in [3.63, 3.8) is 0 Å². The van der Waals surface area contributed by atoms with Gasteiger partial charge in [0, 0.05) is 36.1 Å². The van der Waals surface area contributed by atoms with E-state index in [2.05, 4.69) is 4.99 Å². The lowest BCUT2D eigenvalue weighted by Gasteiger charge is -2.32. The van der Waals surface area contributed by atoms with E-state index in [0.717, 1.165) is 0 Å². The predicted octanol–water partition coefficient (Wildman–Crippen LogP) is 2.26. The summed E-state index contributed by atoms with van der Waals surface area (Å²) in [7, 11) is 0.560. The van der Waals surface area contributed by atoms with Gasteiger partial charge in [0.2, 0.25) is 0 Å². The lowest BCUT2D eigenvalue weighted by atomic mass is 9.78. The lowest BCUT2D eigenvalue weighted by Crippen LogP contribution is -2.41. The van der Waals surface area contributed by atoms with Gasteiger partial charge in [0.15, 0.2) is 11.6 Å². The summed E-state index contributed by atoms with van der Waals surface area (Å²) < 4.78 is 40.5. The Kier molecular flexibility index (Phi) is 4.64. The molecule has 0 spiro atoms. The molecule has 1 aliphatic heterocycles. The molecule has 7 heteroatoms. The second-order valence-corrected chi connectivity index (χ2v) is 6.43. The molecule has 1 aromatic carbocycles. The Balaban J connectivity index is 2.43. The summed E-state index contributed by atoms with van der Waals surface area (Å²) in [4.78, 5) is 3.78. The summed E-state index contributed by atoms with van der Waals surface area (Å²) in [5.74, 6) is -2.02. The number of rotatable bonds is 3. The van der Waals surface area contributed by atoms with Gasteiger partial charge in [-0.1, -0.05) is 12.1 Å². The number of nitrogens with zero attached hydrogens (tertiary/aromatic N) is 1. The summed E-state index contributed by atoms with van der Waals surface area (Å²) >= 11 is 0. The van der Waals surface area contributed by atoms with E-state index < -0.39 is 30.0 Å². The van der Waals surface area contributed by atoms with E-state index >= 15 is 0 Å². The fraction of sp³-hybridized carbons (Fsp3) is 0.438. The van der Waals surface area contributed by atoms with Gasteiger partial charge in [0.1, 0.15) is 0 Å². The fourth-order valence-electron chi connectivity index (χ4n) is 2.28. The molecular weight excluding hydrogens is 301 g/mol. The first-order valence-corrected chi connectivity index (χ1v) is 7.32. The van der Waals surface area contributed by atoms with Crippen LogP contribution in [0.4, 0.5) is 8.78 Å². The van der Waals surface area contributed by atoms with Gasteiger partial charge in [0.25, 0.3) is 0 Å². The van der Waals surface area contributed by atoms with Crippen molar-refractivity contribution in [3.05, 3.63) is 35.5 Å². The standard InChI is InChI=1S/C16H21BF2N2O2/c1-15(2)16(3,4)23-17(22-15)12-7-6-11(13(18)14(12)19)10(8-20)9-21-5/h6-9H,20H2,1-5H3/b10-8+,21-9?. The van der Waals surface area contributed by atoms with Crippen molar-refractivity contribution in [3.8, 4) is 0 Å². The number of hydrogen-bond donors (Lipinski definition) is 1. The number of aliphatic imine (C=N–C) groups is 1. The van der Waals surface area contributed by atoms with Crippen LogP contribution in [-0.4, -0.2) is 31.6 Å². The second-order valence-electron chi connectivity index (χ2n) is 6.43. The van der Waals surface area contributed by atoms with Gasteiger partial charge >= 0.3 is 7.12 Å². The van der Waals surface area contributed by atoms with Crippen LogP contribution in [-0.2, 0) is 9.31 Å². The van der Waals surface area contributed by atoms with Crippen LogP contribution >= 0.6 is 0 Å². The molecule has 4 nitrogen and oxygen atoms in total. The van der Waals surface area contributed by atoms with Crippen molar-refractivity contribution < 1.29 is 18.1 Å². The smallest absolute Gasteiger partial charge is 0.404 e. The number of hydrogen-bond acceptors (Lipinski definition) is 4. The first-order chi connectivity index (χ1) is 10.6. The SMILES string of the molecule is CN=C/C(=C\N)c1ccc(B2OC(C)(C)C(C)(C)O2)c(F)c1F.